The van der Waals surface area contributed by atoms with Gasteiger partial charge < -0.3 is 5.11 Å². The quantitative estimate of drug-likeness (QED) is 0.671. The lowest BCUT2D eigenvalue weighted by molar-refractivity contribution is 0.375. The summed E-state index contributed by atoms with van der Waals surface area (Å²) in [6.07, 6.45) is 0. The molecule has 0 heterocycles. The van der Waals surface area contributed by atoms with Gasteiger partial charge in [0.05, 0.1) is 5.94 Å². The Bertz CT molecular complexity index is 174. The first kappa shape index (κ1) is 7.63. The van der Waals surface area contributed by atoms with Crippen molar-refractivity contribution in [1.29, 1.82) is 0 Å². The minimum Gasteiger partial charge on any atom is -0.386 e. The summed E-state index contributed by atoms with van der Waals surface area (Å²) in [5.41, 5.74) is 1.27. The van der Waals surface area contributed by atoms with Gasteiger partial charge in [0.15, 0.2) is 0 Å². The molecule has 0 aliphatic carbocycles. The number of thioether (sulfide) groups is 1. The Labute approximate surface area is 65.1 Å². The highest BCUT2D eigenvalue weighted by atomic mass is 32.2. The Hall–Kier alpha value is -0.470. The SMILES string of the molecule is OCSCc1ccccc1. The van der Waals surface area contributed by atoms with Crippen LogP contribution in [-0.4, -0.2) is 11.0 Å². The molecule has 0 saturated heterocycles. The van der Waals surface area contributed by atoms with Crippen molar-refractivity contribution in [2.75, 3.05) is 5.94 Å². The summed E-state index contributed by atoms with van der Waals surface area (Å²) in [5.74, 6) is 1.10. The third-order valence-corrected chi connectivity index (χ3v) is 1.92. The Kier molecular flexibility index (Phi) is 3.33. The van der Waals surface area contributed by atoms with Gasteiger partial charge >= 0.3 is 0 Å². The number of hydrogen-bond acceptors (Lipinski definition) is 2. The van der Waals surface area contributed by atoms with E-state index in [-0.39, 0.29) is 5.94 Å². The Balaban J connectivity index is 2.43. The van der Waals surface area contributed by atoms with Crippen LogP contribution in [0.15, 0.2) is 30.3 Å². The highest BCUT2D eigenvalue weighted by Gasteiger charge is 1.88. The van der Waals surface area contributed by atoms with Crippen molar-refractivity contribution in [2.45, 2.75) is 5.75 Å². The highest BCUT2D eigenvalue weighted by Crippen LogP contribution is 2.09. The van der Waals surface area contributed by atoms with Crippen LogP contribution in [0.5, 0.6) is 0 Å². The molecule has 1 N–H and O–H groups in total. The molecule has 0 radical (unpaired) electrons. The van der Waals surface area contributed by atoms with Crippen LogP contribution in [0.3, 0.4) is 0 Å². The lowest BCUT2D eigenvalue weighted by Gasteiger charge is -1.96. The second kappa shape index (κ2) is 4.36. The van der Waals surface area contributed by atoms with E-state index in [1.54, 1.807) is 0 Å². The molecule has 0 unspecified atom stereocenters. The van der Waals surface area contributed by atoms with Crippen molar-refractivity contribution >= 4 is 11.8 Å². The van der Waals surface area contributed by atoms with Crippen molar-refractivity contribution in [3.63, 3.8) is 0 Å². The van der Waals surface area contributed by atoms with Gasteiger partial charge in [0, 0.05) is 5.75 Å². The number of aliphatic hydroxyl groups is 1. The molecule has 0 aliphatic rings. The molecule has 0 fully saturated rings. The van der Waals surface area contributed by atoms with Crippen LogP contribution in [0, 0.1) is 0 Å². The summed E-state index contributed by atoms with van der Waals surface area (Å²) in [6, 6.07) is 10.1. The molecule has 1 aromatic rings. The van der Waals surface area contributed by atoms with E-state index in [0.717, 1.165) is 5.75 Å². The molecule has 1 nitrogen and oxygen atoms in total. The third kappa shape index (κ3) is 2.42. The van der Waals surface area contributed by atoms with Gasteiger partial charge in [-0.1, -0.05) is 30.3 Å². The maximum absolute atomic E-state index is 8.49. The van der Waals surface area contributed by atoms with Crippen molar-refractivity contribution < 1.29 is 5.11 Å². The lowest BCUT2D eigenvalue weighted by Crippen LogP contribution is -1.79. The zero-order valence-electron chi connectivity index (χ0n) is 5.66. The van der Waals surface area contributed by atoms with Gasteiger partial charge in [0.25, 0.3) is 0 Å². The Morgan fingerprint density at radius 3 is 2.50 bits per heavy atom. The molecule has 0 atom stereocenters. The molecule has 0 bridgehead atoms. The summed E-state index contributed by atoms with van der Waals surface area (Å²) in [4.78, 5) is 0. The number of rotatable bonds is 3. The van der Waals surface area contributed by atoms with E-state index in [4.69, 9.17) is 5.11 Å². The molecule has 0 saturated carbocycles. The lowest BCUT2D eigenvalue weighted by atomic mass is 10.2. The van der Waals surface area contributed by atoms with Gasteiger partial charge in [0.1, 0.15) is 0 Å². The summed E-state index contributed by atoms with van der Waals surface area (Å²) in [6.45, 7) is 0. The molecular weight excluding hydrogens is 144 g/mol. The predicted molar refractivity (Wildman–Crippen MR) is 44.8 cm³/mol. The van der Waals surface area contributed by atoms with Crippen LogP contribution in [0.1, 0.15) is 5.56 Å². The Morgan fingerprint density at radius 1 is 1.20 bits per heavy atom. The van der Waals surface area contributed by atoms with Crippen molar-refractivity contribution in [1.82, 2.24) is 0 Å². The van der Waals surface area contributed by atoms with Crippen LogP contribution in [0.25, 0.3) is 0 Å². The van der Waals surface area contributed by atoms with Gasteiger partial charge in [-0.05, 0) is 5.56 Å². The zero-order valence-corrected chi connectivity index (χ0v) is 6.47. The van der Waals surface area contributed by atoms with Gasteiger partial charge in [-0.15, -0.1) is 11.8 Å². The molecule has 0 amide bonds. The van der Waals surface area contributed by atoms with E-state index in [1.165, 1.54) is 17.3 Å². The fourth-order valence-corrected chi connectivity index (χ4v) is 1.26. The molecule has 10 heavy (non-hydrogen) atoms. The summed E-state index contributed by atoms with van der Waals surface area (Å²) in [7, 11) is 0. The van der Waals surface area contributed by atoms with Crippen LogP contribution in [-0.2, 0) is 5.75 Å². The molecule has 2 heteroatoms. The van der Waals surface area contributed by atoms with E-state index < -0.39 is 0 Å². The van der Waals surface area contributed by atoms with Crippen LogP contribution >= 0.6 is 11.8 Å². The minimum absolute atomic E-state index is 0.203. The average Bonchev–Trinajstić information content (AvgIpc) is 2.03. The van der Waals surface area contributed by atoms with Gasteiger partial charge in [-0.25, -0.2) is 0 Å². The van der Waals surface area contributed by atoms with Gasteiger partial charge in [-0.3, -0.25) is 0 Å². The first-order chi connectivity index (χ1) is 4.93. The van der Waals surface area contributed by atoms with E-state index in [0.29, 0.717) is 0 Å². The molecule has 1 aromatic carbocycles. The van der Waals surface area contributed by atoms with E-state index in [2.05, 4.69) is 12.1 Å². The highest BCUT2D eigenvalue weighted by molar-refractivity contribution is 7.98. The smallest absolute Gasteiger partial charge is 0.0889 e. The first-order valence-corrected chi connectivity index (χ1v) is 4.31. The van der Waals surface area contributed by atoms with E-state index in [1.807, 2.05) is 18.2 Å². The van der Waals surface area contributed by atoms with E-state index in [9.17, 15) is 0 Å². The average molecular weight is 154 g/mol. The first-order valence-electron chi connectivity index (χ1n) is 3.16. The molecule has 1 rings (SSSR count). The van der Waals surface area contributed by atoms with Crippen LogP contribution < -0.4 is 0 Å². The van der Waals surface area contributed by atoms with Crippen molar-refractivity contribution in [3.05, 3.63) is 35.9 Å². The molecule has 0 spiro atoms. The minimum atomic E-state index is 0.203. The van der Waals surface area contributed by atoms with Crippen LogP contribution in [0.2, 0.25) is 0 Å². The monoisotopic (exact) mass is 154 g/mol. The van der Waals surface area contributed by atoms with Crippen LogP contribution in [0.4, 0.5) is 0 Å². The fraction of sp³-hybridized carbons (Fsp3) is 0.250. The molecule has 54 valence electrons. The van der Waals surface area contributed by atoms with Gasteiger partial charge in [0.2, 0.25) is 0 Å². The number of aliphatic hydroxyl groups excluding tert-OH is 1. The number of benzene rings is 1. The zero-order chi connectivity index (χ0) is 7.23. The van der Waals surface area contributed by atoms with Gasteiger partial charge in [-0.2, -0.15) is 0 Å². The second-order valence-corrected chi connectivity index (χ2v) is 2.92. The largest absolute Gasteiger partial charge is 0.386 e. The standard InChI is InChI=1S/C8H10OS/c9-7-10-6-8-4-2-1-3-5-8/h1-5,9H,6-7H2. The summed E-state index contributed by atoms with van der Waals surface area (Å²) < 4.78 is 0. The predicted octanol–water partition coefficient (Wildman–Crippen LogP) is 1.87. The second-order valence-electron chi connectivity index (χ2n) is 1.96. The van der Waals surface area contributed by atoms with Crippen molar-refractivity contribution in [3.8, 4) is 0 Å². The number of hydrogen-bond donors (Lipinski definition) is 1. The summed E-state index contributed by atoms with van der Waals surface area (Å²) >= 11 is 1.52. The maximum atomic E-state index is 8.49. The summed E-state index contributed by atoms with van der Waals surface area (Å²) in [5, 5.41) is 8.49. The molecule has 0 aliphatic heterocycles. The maximum Gasteiger partial charge on any atom is 0.0889 e. The Morgan fingerprint density at radius 2 is 1.90 bits per heavy atom. The topological polar surface area (TPSA) is 20.2 Å². The van der Waals surface area contributed by atoms with Crippen molar-refractivity contribution in [2.24, 2.45) is 0 Å². The van der Waals surface area contributed by atoms with E-state index >= 15 is 0 Å². The fourth-order valence-electron chi connectivity index (χ4n) is 0.738. The molecule has 0 aromatic heterocycles. The molecular formula is C8H10OS. The normalized spacial score (nSPS) is 9.70. The third-order valence-electron chi connectivity index (χ3n) is 1.20.